The van der Waals surface area contributed by atoms with Crippen LogP contribution in [-0.2, 0) is 4.79 Å². The van der Waals surface area contributed by atoms with Crippen molar-refractivity contribution in [3.8, 4) is 11.5 Å². The van der Waals surface area contributed by atoms with E-state index in [1.54, 1.807) is 31.2 Å². The summed E-state index contributed by atoms with van der Waals surface area (Å²) in [6.07, 6.45) is 4.00. The fourth-order valence-electron chi connectivity index (χ4n) is 2.31. The molecule has 0 spiro atoms. The number of imide groups is 1. The zero-order chi connectivity index (χ0) is 19.4. The Bertz CT molecular complexity index is 762. The van der Waals surface area contributed by atoms with E-state index in [4.69, 9.17) is 21.1 Å². The zero-order valence-electron chi connectivity index (χ0n) is 15.2. The van der Waals surface area contributed by atoms with Crippen LogP contribution in [0, 0.1) is 0 Å². The lowest BCUT2D eigenvalue weighted by atomic mass is 10.1. The summed E-state index contributed by atoms with van der Waals surface area (Å²) >= 11 is 7.24. The molecule has 1 aromatic rings. The molecule has 7 heteroatoms. The smallest absolute Gasteiger partial charge is 0.294 e. The van der Waals surface area contributed by atoms with Crippen LogP contribution in [0.5, 0.6) is 11.5 Å². The van der Waals surface area contributed by atoms with Crippen LogP contribution in [0.2, 0.25) is 5.02 Å². The third kappa shape index (κ3) is 4.24. The van der Waals surface area contributed by atoms with Gasteiger partial charge in [-0.25, -0.2) is 0 Å². The fraction of sp³-hybridized carbons (Fsp3) is 0.368. The molecule has 2 amide bonds. The average molecular weight is 396 g/mol. The molecule has 0 bridgehead atoms. The van der Waals surface area contributed by atoms with Gasteiger partial charge in [0.05, 0.1) is 29.2 Å². The topological polar surface area (TPSA) is 55.8 Å². The number of thioether (sulfide) groups is 1. The Morgan fingerprint density at radius 2 is 2.04 bits per heavy atom. The highest BCUT2D eigenvalue weighted by Gasteiger charge is 2.37. The van der Waals surface area contributed by atoms with Crippen molar-refractivity contribution in [3.05, 3.63) is 40.3 Å². The summed E-state index contributed by atoms with van der Waals surface area (Å²) < 4.78 is 11.2. The maximum absolute atomic E-state index is 12.5. The van der Waals surface area contributed by atoms with E-state index in [2.05, 4.69) is 6.58 Å². The maximum Gasteiger partial charge on any atom is 0.294 e. The quantitative estimate of drug-likeness (QED) is 0.472. The zero-order valence-corrected chi connectivity index (χ0v) is 16.8. The van der Waals surface area contributed by atoms with Gasteiger partial charge < -0.3 is 9.47 Å². The van der Waals surface area contributed by atoms with Gasteiger partial charge in [0.25, 0.3) is 11.1 Å². The second-order valence-electron chi connectivity index (χ2n) is 5.90. The van der Waals surface area contributed by atoms with Crippen LogP contribution in [0.15, 0.2) is 29.7 Å². The second-order valence-corrected chi connectivity index (χ2v) is 7.30. The molecule has 0 unspecified atom stereocenters. The molecular formula is C19H22ClNO4S. The normalized spacial score (nSPS) is 18.2. The summed E-state index contributed by atoms with van der Waals surface area (Å²) in [5.41, 5.74) is 0.653. The number of ether oxygens (including phenoxy) is 2. The van der Waals surface area contributed by atoms with E-state index < -0.39 is 0 Å². The summed E-state index contributed by atoms with van der Waals surface area (Å²) in [5, 5.41) is 0.0676. The van der Waals surface area contributed by atoms with Gasteiger partial charge in [0, 0.05) is 0 Å². The van der Waals surface area contributed by atoms with Gasteiger partial charge in [-0.05, 0) is 55.8 Å². The van der Waals surface area contributed by atoms with Crippen LogP contribution in [0.1, 0.15) is 32.8 Å². The van der Waals surface area contributed by atoms with E-state index in [9.17, 15) is 9.59 Å². The van der Waals surface area contributed by atoms with Crippen LogP contribution >= 0.6 is 23.4 Å². The number of methoxy groups -OCH3 is 1. The standard InChI is InChI=1S/C19H22ClNO4S/c1-6-11(3)21-18(22)16(26-19(21)23)10-13-8-14(20)17(15(9-13)24-5)25-12(4)7-2/h6,8-12H,1,7H2,2-5H3/b16-10-/t11-,12-/m0/s1. The van der Waals surface area contributed by atoms with Gasteiger partial charge in [0.1, 0.15) is 0 Å². The Hall–Kier alpha value is -1.92. The predicted octanol–water partition coefficient (Wildman–Crippen LogP) is 5.14. The summed E-state index contributed by atoms with van der Waals surface area (Å²) in [6.45, 7) is 9.34. The van der Waals surface area contributed by atoms with Gasteiger partial charge in [-0.2, -0.15) is 0 Å². The molecule has 2 atom stereocenters. The third-order valence-corrected chi connectivity index (χ3v) is 5.18. The number of hydrogen-bond acceptors (Lipinski definition) is 5. The molecule has 1 aliphatic heterocycles. The first kappa shape index (κ1) is 20.4. The van der Waals surface area contributed by atoms with Gasteiger partial charge in [-0.3, -0.25) is 14.5 Å². The first-order valence-corrected chi connectivity index (χ1v) is 9.45. The minimum absolute atomic E-state index is 0.0101. The summed E-state index contributed by atoms with van der Waals surface area (Å²) in [6, 6.07) is 3.05. The van der Waals surface area contributed by atoms with Crippen LogP contribution in [0.4, 0.5) is 4.79 Å². The van der Waals surface area contributed by atoms with Crippen molar-refractivity contribution in [3.63, 3.8) is 0 Å². The van der Waals surface area contributed by atoms with E-state index in [0.717, 1.165) is 18.2 Å². The fourth-order valence-corrected chi connectivity index (χ4v) is 3.49. The number of hydrogen-bond donors (Lipinski definition) is 0. The van der Waals surface area contributed by atoms with Gasteiger partial charge in [0.2, 0.25) is 0 Å². The molecule has 26 heavy (non-hydrogen) atoms. The summed E-state index contributed by atoms with van der Waals surface area (Å²) in [5.74, 6) is 0.596. The molecule has 0 N–H and O–H groups in total. The monoisotopic (exact) mass is 395 g/mol. The van der Waals surface area contributed by atoms with Crippen molar-refractivity contribution in [2.45, 2.75) is 39.3 Å². The Morgan fingerprint density at radius 3 is 2.62 bits per heavy atom. The van der Waals surface area contributed by atoms with E-state index in [0.29, 0.717) is 27.0 Å². The molecule has 1 saturated heterocycles. The Labute approximate surface area is 163 Å². The SMILES string of the molecule is C=C[C@H](C)N1C(=O)S/C(=C\c2cc(Cl)c(O[C@@H](C)CC)c(OC)c2)C1=O. The minimum atomic E-state index is -0.363. The van der Waals surface area contributed by atoms with Crippen molar-refractivity contribution in [1.29, 1.82) is 0 Å². The molecule has 5 nitrogen and oxygen atoms in total. The number of halogens is 1. The lowest BCUT2D eigenvalue weighted by molar-refractivity contribution is -0.123. The second kappa shape index (κ2) is 8.64. The molecule has 2 rings (SSSR count). The molecule has 0 aliphatic carbocycles. The van der Waals surface area contributed by atoms with Gasteiger partial charge in [0.15, 0.2) is 11.5 Å². The highest BCUT2D eigenvalue weighted by molar-refractivity contribution is 8.18. The van der Waals surface area contributed by atoms with Gasteiger partial charge >= 0.3 is 0 Å². The molecule has 1 fully saturated rings. The molecule has 0 radical (unpaired) electrons. The summed E-state index contributed by atoms with van der Waals surface area (Å²) in [7, 11) is 1.53. The van der Waals surface area contributed by atoms with Crippen molar-refractivity contribution >= 4 is 40.6 Å². The van der Waals surface area contributed by atoms with Crippen LogP contribution in [0.3, 0.4) is 0 Å². The first-order chi connectivity index (χ1) is 12.3. The molecule has 1 aromatic carbocycles. The number of amides is 2. The average Bonchev–Trinajstić information content (AvgIpc) is 2.89. The third-order valence-electron chi connectivity index (χ3n) is 4.02. The van der Waals surface area contributed by atoms with Crippen molar-refractivity contribution in [2.75, 3.05) is 7.11 Å². The number of benzene rings is 1. The molecular weight excluding hydrogens is 374 g/mol. The lowest BCUT2D eigenvalue weighted by Crippen LogP contribution is -2.35. The maximum atomic E-state index is 12.5. The molecule has 1 heterocycles. The summed E-state index contributed by atoms with van der Waals surface area (Å²) in [4.78, 5) is 26.1. The van der Waals surface area contributed by atoms with E-state index in [1.807, 2.05) is 13.8 Å². The van der Waals surface area contributed by atoms with Crippen molar-refractivity contribution in [2.24, 2.45) is 0 Å². The van der Waals surface area contributed by atoms with Crippen molar-refractivity contribution in [1.82, 2.24) is 4.90 Å². The van der Waals surface area contributed by atoms with Crippen LogP contribution < -0.4 is 9.47 Å². The Kier molecular flexibility index (Phi) is 6.78. The lowest BCUT2D eigenvalue weighted by Gasteiger charge is -2.18. The minimum Gasteiger partial charge on any atom is -0.493 e. The number of nitrogens with zero attached hydrogens (tertiary/aromatic N) is 1. The Morgan fingerprint density at radius 1 is 1.35 bits per heavy atom. The molecule has 140 valence electrons. The first-order valence-electron chi connectivity index (χ1n) is 8.26. The number of carbonyl (C=O) groups is 2. The van der Waals surface area contributed by atoms with Gasteiger partial charge in [-0.1, -0.05) is 24.6 Å². The highest BCUT2D eigenvalue weighted by atomic mass is 35.5. The number of rotatable bonds is 7. The Balaban J connectivity index is 2.37. The molecule has 1 aliphatic rings. The van der Waals surface area contributed by atoms with E-state index in [1.165, 1.54) is 12.0 Å². The molecule has 0 saturated carbocycles. The van der Waals surface area contributed by atoms with Crippen LogP contribution in [-0.4, -0.2) is 35.3 Å². The predicted molar refractivity (Wildman–Crippen MR) is 106 cm³/mol. The van der Waals surface area contributed by atoms with E-state index in [-0.39, 0.29) is 23.3 Å². The van der Waals surface area contributed by atoms with Crippen molar-refractivity contribution < 1.29 is 19.1 Å². The molecule has 0 aromatic heterocycles. The van der Waals surface area contributed by atoms with Gasteiger partial charge in [-0.15, -0.1) is 6.58 Å². The largest absolute Gasteiger partial charge is 0.493 e. The number of carbonyl (C=O) groups excluding carboxylic acids is 2. The highest BCUT2D eigenvalue weighted by Crippen LogP contribution is 2.39. The van der Waals surface area contributed by atoms with Crippen LogP contribution in [0.25, 0.3) is 6.08 Å². The van der Waals surface area contributed by atoms with E-state index >= 15 is 0 Å².